The molecule has 0 radical (unpaired) electrons. The summed E-state index contributed by atoms with van der Waals surface area (Å²) in [5, 5.41) is 47.9. The molecule has 16 heteroatoms. The van der Waals surface area contributed by atoms with Crippen LogP contribution in [0.25, 0.3) is 66.8 Å². The lowest BCUT2D eigenvalue weighted by Gasteiger charge is -2.19. The molecule has 2 amide bonds. The van der Waals surface area contributed by atoms with E-state index in [2.05, 4.69) is 15.6 Å². The van der Waals surface area contributed by atoms with E-state index in [9.17, 15) is 49.2 Å². The Morgan fingerprint density at radius 2 is 1.26 bits per heavy atom. The number of nitrogens with one attached hydrogen (secondary N) is 2. The molecule has 0 unspecified atom stereocenters. The summed E-state index contributed by atoms with van der Waals surface area (Å²) in [5.74, 6) is -5.32. The lowest BCUT2D eigenvalue weighted by atomic mass is 9.89. The minimum Gasteiger partial charge on any atom is -0.507 e. The van der Waals surface area contributed by atoms with Crippen LogP contribution in [-0.4, -0.2) is 77.3 Å². The Morgan fingerprint density at radius 3 is 1.92 bits per heavy atom. The van der Waals surface area contributed by atoms with Crippen molar-refractivity contribution in [1.82, 2.24) is 10.6 Å². The van der Waals surface area contributed by atoms with Crippen molar-refractivity contribution >= 4 is 57.3 Å². The van der Waals surface area contributed by atoms with Gasteiger partial charge in [0.2, 0.25) is 5.91 Å². The Labute approximate surface area is 368 Å². The van der Waals surface area contributed by atoms with E-state index >= 15 is 0 Å². The van der Waals surface area contributed by atoms with Gasteiger partial charge in [-0.3, -0.25) is 19.4 Å². The summed E-state index contributed by atoms with van der Waals surface area (Å²) >= 11 is 0. The monoisotopic (exact) mass is 874 g/mol. The maximum Gasteiger partial charge on any atom is 0.336 e. The quantitative estimate of drug-likeness (QED) is 0.0684. The highest BCUT2D eigenvalue weighted by Gasteiger charge is 2.27. The Morgan fingerprint density at radius 1 is 0.646 bits per heavy atom. The second-order valence-corrected chi connectivity index (χ2v) is 15.2. The summed E-state index contributed by atoms with van der Waals surface area (Å²) in [4.78, 5) is 82.6. The molecule has 65 heavy (non-hydrogen) atoms. The molecule has 0 aromatic heterocycles. The first kappa shape index (κ1) is 42.9. The van der Waals surface area contributed by atoms with Crippen LogP contribution in [0.1, 0.15) is 53.9 Å². The molecule has 2 aliphatic carbocycles. The van der Waals surface area contributed by atoms with Crippen LogP contribution in [0.4, 0.5) is 5.69 Å². The summed E-state index contributed by atoms with van der Waals surface area (Å²) in [5.41, 5.74) is 2.38. The molecular formula is C49H38N4O12. The number of nitrogens with zero attached hydrogens (tertiary/aromatic N) is 2. The van der Waals surface area contributed by atoms with Gasteiger partial charge in [-0.2, -0.15) is 0 Å². The number of amides is 2. The number of benzene rings is 6. The van der Waals surface area contributed by atoms with Gasteiger partial charge in [0, 0.05) is 83.1 Å². The topological polar surface area (TPSA) is 249 Å². The van der Waals surface area contributed by atoms with Gasteiger partial charge in [0.1, 0.15) is 28.4 Å². The lowest BCUT2D eigenvalue weighted by molar-refractivity contribution is -0.120. The van der Waals surface area contributed by atoms with Crippen LogP contribution in [0.5, 0.6) is 5.75 Å². The van der Waals surface area contributed by atoms with Crippen molar-refractivity contribution in [2.45, 2.75) is 13.5 Å². The third kappa shape index (κ3) is 8.18. The van der Waals surface area contributed by atoms with Crippen LogP contribution in [0, 0.1) is 0 Å². The number of phenolic OH excluding ortho intramolecular Hbond substituents is 1. The molecule has 0 saturated heterocycles. The molecule has 0 atom stereocenters. The summed E-state index contributed by atoms with van der Waals surface area (Å²) in [7, 11) is 3.78. The third-order valence-corrected chi connectivity index (χ3v) is 10.9. The molecule has 4 aliphatic rings. The maximum absolute atomic E-state index is 13.5. The average Bonchev–Trinajstić information content (AvgIpc) is 3.28. The van der Waals surface area contributed by atoms with Gasteiger partial charge < -0.3 is 44.8 Å². The number of aromatic carboxylic acids is 3. The van der Waals surface area contributed by atoms with E-state index in [4.69, 9.17) is 8.83 Å². The number of hydrogen-bond acceptors (Lipinski definition) is 11. The number of carbonyl (C=O) groups is 5. The van der Waals surface area contributed by atoms with E-state index < -0.39 is 41.7 Å². The number of carboxylic acid groups (broad SMARTS) is 3. The smallest absolute Gasteiger partial charge is 0.336 e. The van der Waals surface area contributed by atoms with Crippen molar-refractivity contribution in [2.75, 3.05) is 32.1 Å². The van der Waals surface area contributed by atoms with Crippen molar-refractivity contribution < 1.29 is 53.2 Å². The van der Waals surface area contributed by atoms with E-state index in [0.29, 0.717) is 50.9 Å². The van der Waals surface area contributed by atoms with Gasteiger partial charge in [-0.05, 0) is 90.8 Å². The van der Waals surface area contributed by atoms with Crippen LogP contribution >= 0.6 is 0 Å². The van der Waals surface area contributed by atoms with Gasteiger partial charge in [-0.25, -0.2) is 14.4 Å². The number of carbonyl (C=O) groups excluding carboxylic acids is 2. The first-order valence-corrected chi connectivity index (χ1v) is 20.1. The minimum absolute atomic E-state index is 0.00967. The van der Waals surface area contributed by atoms with Crippen LogP contribution in [0.2, 0.25) is 0 Å². The Bertz CT molecular complexity index is 3370. The summed E-state index contributed by atoms with van der Waals surface area (Å²) in [6.45, 7) is 1.54. The van der Waals surface area contributed by atoms with E-state index in [1.165, 1.54) is 60.7 Å². The van der Waals surface area contributed by atoms with Crippen LogP contribution < -0.4 is 26.3 Å². The van der Waals surface area contributed by atoms with Gasteiger partial charge in [0.15, 0.2) is 5.43 Å². The van der Waals surface area contributed by atoms with Crippen molar-refractivity contribution in [3.05, 3.63) is 147 Å². The average molecular weight is 875 g/mol. The van der Waals surface area contributed by atoms with E-state index in [1.807, 2.05) is 56.3 Å². The molecule has 0 bridgehead atoms. The fourth-order valence-corrected chi connectivity index (χ4v) is 7.82. The molecule has 2 aliphatic heterocycles. The molecule has 4 aromatic carbocycles. The van der Waals surface area contributed by atoms with E-state index in [1.54, 1.807) is 6.07 Å². The molecule has 0 saturated carbocycles. The number of anilines is 1. The molecular weight excluding hydrogens is 837 g/mol. The predicted molar refractivity (Wildman–Crippen MR) is 240 cm³/mol. The zero-order valence-electron chi connectivity index (χ0n) is 34.9. The van der Waals surface area contributed by atoms with Crippen molar-refractivity contribution in [2.24, 2.45) is 4.99 Å². The van der Waals surface area contributed by atoms with Gasteiger partial charge in [-0.1, -0.05) is 12.1 Å². The Balaban J connectivity index is 1.08. The first-order valence-electron chi connectivity index (χ1n) is 20.1. The summed E-state index contributed by atoms with van der Waals surface area (Å²) in [6, 6.07) is 25.5. The third-order valence-electron chi connectivity index (χ3n) is 10.9. The molecule has 2 heterocycles. The molecule has 6 N–H and O–H groups in total. The normalized spacial score (nSPS) is 11.6. The summed E-state index contributed by atoms with van der Waals surface area (Å²) < 4.78 is 12.5. The number of hydrogen-bond donors (Lipinski definition) is 6. The lowest BCUT2D eigenvalue weighted by Crippen LogP contribution is -2.36. The fourth-order valence-electron chi connectivity index (χ4n) is 7.82. The Hall–Kier alpha value is -8.79. The largest absolute Gasteiger partial charge is 0.507 e. The van der Waals surface area contributed by atoms with Gasteiger partial charge in [-0.15, -0.1) is 0 Å². The molecule has 326 valence electrons. The predicted octanol–water partition coefficient (Wildman–Crippen LogP) is 6.92. The first-order chi connectivity index (χ1) is 31.1. The van der Waals surface area contributed by atoms with Gasteiger partial charge in [0.05, 0.1) is 40.7 Å². The molecule has 8 rings (SSSR count). The SMILES string of the molecule is CCN=c1ccc2c(-c3ccc(C(=O)NCC(=O)NCc4c(O)ccc5c(-c6ccc(C(=O)O)cc6C(=O)O)c6ccc(=O)cc-6oc45)cc3C(=O)O)c3ccc(N(C)C)cc3oc-2c1. The van der Waals surface area contributed by atoms with Crippen molar-refractivity contribution in [3.8, 4) is 50.7 Å². The highest BCUT2D eigenvalue weighted by molar-refractivity contribution is 6.11. The highest BCUT2D eigenvalue weighted by Crippen LogP contribution is 2.45. The zero-order valence-corrected chi connectivity index (χ0v) is 34.9. The highest BCUT2D eigenvalue weighted by atomic mass is 16.4. The van der Waals surface area contributed by atoms with Crippen LogP contribution in [0.15, 0.2) is 122 Å². The second kappa shape index (κ2) is 17.2. The number of phenols is 1. The zero-order chi connectivity index (χ0) is 46.3. The molecule has 0 fully saturated rings. The van der Waals surface area contributed by atoms with E-state index in [0.717, 1.165) is 11.8 Å². The number of rotatable bonds is 12. The molecule has 4 aromatic rings. The van der Waals surface area contributed by atoms with Crippen LogP contribution in [0.3, 0.4) is 0 Å². The molecule has 0 spiro atoms. The van der Waals surface area contributed by atoms with Crippen LogP contribution in [-0.2, 0) is 11.3 Å². The van der Waals surface area contributed by atoms with Crippen molar-refractivity contribution in [1.29, 1.82) is 0 Å². The number of fused-ring (bicyclic) bond motifs is 4. The van der Waals surface area contributed by atoms with Gasteiger partial charge >= 0.3 is 17.9 Å². The minimum atomic E-state index is -1.42. The van der Waals surface area contributed by atoms with E-state index in [-0.39, 0.29) is 68.0 Å². The van der Waals surface area contributed by atoms with Gasteiger partial charge in [0.25, 0.3) is 5.91 Å². The maximum atomic E-state index is 13.5. The molecule has 16 nitrogen and oxygen atoms in total. The standard InChI is InChI=1S/C49H38N4O12/c1-4-50-26-7-12-31-39(19-26)64-40-20-27(53(2)3)8-13-32(40)43(31)29-10-5-24(17-35(29)48(60)61)46(57)52-23-42(56)51-22-37-38(55)16-15-34-44(33-14-9-28(54)21-41(33)65-45(34)37)30-11-6-25(47(58)59)18-36(30)49(62)63/h5-21,55H,4,22-23H2,1-3H3,(H,51,56)(H,52,57)(H,58,59)(H,60,61)(H,62,63). The summed E-state index contributed by atoms with van der Waals surface area (Å²) in [6.07, 6.45) is 0. The number of aromatic hydroxyl groups is 1. The number of carboxylic acids is 3. The fraction of sp³-hybridized carbons (Fsp3) is 0.122. The van der Waals surface area contributed by atoms with Crippen molar-refractivity contribution in [3.63, 3.8) is 0 Å². The second-order valence-electron chi connectivity index (χ2n) is 15.2. The Kier molecular flexibility index (Phi) is 11.3.